The second kappa shape index (κ2) is 10.2. The largest absolute Gasteiger partial charge is 2.00 e. The molecule has 0 aliphatic carbocycles. The first-order chi connectivity index (χ1) is 9.58. The van der Waals surface area contributed by atoms with Gasteiger partial charge < -0.3 is 29.8 Å². The van der Waals surface area contributed by atoms with Crippen molar-refractivity contribution in [2.45, 2.75) is 0 Å². The minimum absolute atomic E-state index is 0. The van der Waals surface area contributed by atoms with Crippen molar-refractivity contribution in [3.8, 4) is 0 Å². The van der Waals surface area contributed by atoms with Crippen LogP contribution in [0.2, 0.25) is 0 Å². The summed E-state index contributed by atoms with van der Waals surface area (Å²) in [5.41, 5.74) is 1.15. The number of nitrogens with zero attached hydrogens (tertiary/aromatic N) is 2. The number of carboxylic acids is 2. The van der Waals surface area contributed by atoms with Crippen LogP contribution in [0.5, 0.6) is 0 Å². The number of hydrogen-bond donors (Lipinski definition) is 2. The van der Waals surface area contributed by atoms with Crippen LogP contribution < -0.4 is 10.2 Å². The molecule has 0 bridgehead atoms. The molecule has 0 saturated carbocycles. The predicted molar refractivity (Wildman–Crippen MR) is 71.0 cm³/mol. The summed E-state index contributed by atoms with van der Waals surface area (Å²) in [6.45, 7) is 0. The molecule has 0 aliphatic heterocycles. The number of aromatic amines is 2. The van der Waals surface area contributed by atoms with E-state index in [1.54, 1.807) is 12.4 Å². The second-order valence-electron chi connectivity index (χ2n) is 3.29. The first-order valence-corrected chi connectivity index (χ1v) is 5.33. The van der Waals surface area contributed by atoms with Crippen LogP contribution in [-0.2, 0) is 9.59 Å². The average Bonchev–Trinajstić information content (AvgIpc) is 3.08. The molecule has 9 heteroatoms. The van der Waals surface area contributed by atoms with Gasteiger partial charge in [-0.1, -0.05) is 0 Å². The Morgan fingerprint density at radius 1 is 0.905 bits per heavy atom. The number of carbonyl (C=O) groups is 2. The molecule has 0 fully saturated rings. The molecule has 8 nitrogen and oxygen atoms in total. The smallest absolute Gasteiger partial charge is 0.545 e. The van der Waals surface area contributed by atoms with Gasteiger partial charge >= 0.3 is 17.1 Å². The number of H-pyrrole nitrogens is 2. The Bertz CT molecular complexity index is 537. The van der Waals surface area contributed by atoms with Gasteiger partial charge in [-0.2, -0.15) is 0 Å². The molecule has 21 heavy (non-hydrogen) atoms. The molecule has 0 amide bonds. The molecule has 0 spiro atoms. The summed E-state index contributed by atoms with van der Waals surface area (Å²) in [5.74, 6) is -2.44. The molecular weight excluding hydrogens is 343 g/mol. The maximum atomic E-state index is 9.86. The quantitative estimate of drug-likeness (QED) is 0.480. The minimum Gasteiger partial charge on any atom is -0.545 e. The van der Waals surface area contributed by atoms with Gasteiger partial charge in [-0.05, 0) is 24.3 Å². The molecule has 0 unspecified atom stereocenters. The van der Waals surface area contributed by atoms with E-state index < -0.39 is 11.9 Å². The molecule has 2 aromatic rings. The predicted octanol–water partition coefficient (Wildman–Crippen LogP) is -2.04. The fourth-order valence-electron chi connectivity index (χ4n) is 1.03. The molecule has 0 aromatic carbocycles. The summed E-state index contributed by atoms with van der Waals surface area (Å²) in [7, 11) is 0. The zero-order chi connectivity index (χ0) is 14.8. The van der Waals surface area contributed by atoms with Gasteiger partial charge in [0.15, 0.2) is 0 Å². The number of hydrogen-bond acceptors (Lipinski definition) is 6. The van der Waals surface area contributed by atoms with E-state index in [9.17, 15) is 19.8 Å². The molecule has 0 atom stereocenters. The SMILES string of the molecule is O=C([O-])C=Cc1c[nH]cn1.O=C([O-])C=Cc1c[nH]cn1.[Se+2]. The van der Waals surface area contributed by atoms with Crippen LogP contribution in [0.3, 0.4) is 0 Å². The van der Waals surface area contributed by atoms with E-state index in [1.807, 2.05) is 0 Å². The number of nitrogens with one attached hydrogen (secondary N) is 2. The van der Waals surface area contributed by atoms with Crippen LogP contribution >= 0.6 is 0 Å². The fraction of sp³-hybridized carbons (Fsp3) is 0. The van der Waals surface area contributed by atoms with Crippen LogP contribution in [0.15, 0.2) is 37.2 Å². The average molecular weight is 353 g/mol. The van der Waals surface area contributed by atoms with E-state index >= 15 is 0 Å². The summed E-state index contributed by atoms with van der Waals surface area (Å²) >= 11 is 0. The number of aliphatic carboxylic acids is 2. The van der Waals surface area contributed by atoms with Gasteiger partial charge in [0, 0.05) is 12.4 Å². The first-order valence-electron chi connectivity index (χ1n) is 5.33. The Morgan fingerprint density at radius 2 is 1.29 bits per heavy atom. The molecule has 2 aromatic heterocycles. The zero-order valence-corrected chi connectivity index (χ0v) is 12.3. The van der Waals surface area contributed by atoms with E-state index in [2.05, 4.69) is 19.9 Å². The second-order valence-corrected chi connectivity index (χ2v) is 3.29. The summed E-state index contributed by atoms with van der Waals surface area (Å²) in [5, 5.41) is 19.7. The van der Waals surface area contributed by atoms with Gasteiger partial charge in [0.25, 0.3) is 0 Å². The summed E-state index contributed by atoms with van der Waals surface area (Å²) < 4.78 is 0. The van der Waals surface area contributed by atoms with Crippen LogP contribution in [0, 0.1) is 0 Å². The summed E-state index contributed by atoms with van der Waals surface area (Å²) in [6.07, 6.45) is 10.7. The van der Waals surface area contributed by atoms with Crippen molar-refractivity contribution in [3.63, 3.8) is 0 Å². The Balaban J connectivity index is 0.000000364. The van der Waals surface area contributed by atoms with Gasteiger partial charge in [0.2, 0.25) is 0 Å². The molecule has 2 N–H and O–H groups in total. The normalized spacial score (nSPS) is 9.90. The Morgan fingerprint density at radius 3 is 1.52 bits per heavy atom. The van der Waals surface area contributed by atoms with Gasteiger partial charge in [-0.25, -0.2) is 9.97 Å². The molecule has 2 heterocycles. The third-order valence-corrected chi connectivity index (χ3v) is 1.82. The zero-order valence-electron chi connectivity index (χ0n) is 10.6. The van der Waals surface area contributed by atoms with Crippen LogP contribution in [-0.4, -0.2) is 48.9 Å². The summed E-state index contributed by atoms with van der Waals surface area (Å²) in [4.78, 5) is 32.6. The van der Waals surface area contributed by atoms with Crippen molar-refractivity contribution >= 4 is 41.2 Å². The number of aromatic nitrogens is 4. The number of carboxylic acid groups (broad SMARTS) is 2. The Labute approximate surface area is 130 Å². The van der Waals surface area contributed by atoms with E-state index in [4.69, 9.17) is 0 Å². The monoisotopic (exact) mass is 354 g/mol. The molecule has 108 valence electrons. The molecule has 0 aliphatic rings. The molecular formula is C12H10N4O4Se. The third-order valence-electron chi connectivity index (χ3n) is 1.82. The summed E-state index contributed by atoms with van der Waals surface area (Å²) in [6, 6.07) is 0. The Kier molecular flexibility index (Phi) is 8.90. The Hall–Kier alpha value is -2.64. The number of rotatable bonds is 4. The third kappa shape index (κ3) is 8.98. The number of imidazole rings is 2. The van der Waals surface area contributed by atoms with Gasteiger partial charge in [-0.15, -0.1) is 0 Å². The maximum Gasteiger partial charge on any atom is 2.00 e. The van der Waals surface area contributed by atoms with Crippen molar-refractivity contribution in [2.24, 2.45) is 0 Å². The van der Waals surface area contributed by atoms with Crippen LogP contribution in [0.4, 0.5) is 0 Å². The van der Waals surface area contributed by atoms with Crippen molar-refractivity contribution in [3.05, 3.63) is 48.6 Å². The van der Waals surface area contributed by atoms with E-state index in [0.717, 1.165) is 12.2 Å². The van der Waals surface area contributed by atoms with E-state index in [0.29, 0.717) is 11.4 Å². The molecule has 0 saturated heterocycles. The van der Waals surface area contributed by atoms with Gasteiger partial charge in [0.05, 0.1) is 36.0 Å². The maximum absolute atomic E-state index is 9.86. The van der Waals surface area contributed by atoms with Crippen LogP contribution in [0.25, 0.3) is 12.2 Å². The van der Waals surface area contributed by atoms with E-state index in [1.165, 1.54) is 24.8 Å². The molecule has 4 radical (unpaired) electrons. The minimum atomic E-state index is -1.22. The topological polar surface area (TPSA) is 138 Å². The molecule has 2 rings (SSSR count). The van der Waals surface area contributed by atoms with E-state index in [-0.39, 0.29) is 17.1 Å². The van der Waals surface area contributed by atoms with Crippen molar-refractivity contribution in [2.75, 3.05) is 0 Å². The van der Waals surface area contributed by atoms with Crippen molar-refractivity contribution in [1.82, 2.24) is 19.9 Å². The van der Waals surface area contributed by atoms with Crippen molar-refractivity contribution in [1.29, 1.82) is 0 Å². The van der Waals surface area contributed by atoms with Crippen molar-refractivity contribution < 1.29 is 19.8 Å². The van der Waals surface area contributed by atoms with Gasteiger partial charge in [0.1, 0.15) is 0 Å². The first kappa shape index (κ1) is 18.4. The standard InChI is InChI=1S/2C6H6N2O2.Se/c2*9-6(10)2-1-5-3-7-4-8-5;/h2*1-4H,(H,7,8)(H,9,10);/q;;+2/p-2. The van der Waals surface area contributed by atoms with Gasteiger partial charge in [-0.3, -0.25) is 0 Å². The number of carbonyl (C=O) groups excluding carboxylic acids is 2. The van der Waals surface area contributed by atoms with Crippen LogP contribution in [0.1, 0.15) is 11.4 Å². The fourth-order valence-corrected chi connectivity index (χ4v) is 1.03.